The van der Waals surface area contributed by atoms with Gasteiger partial charge in [0.1, 0.15) is 0 Å². The molecule has 0 aromatic carbocycles. The number of hydrogen-bond donors (Lipinski definition) is 2. The molecule has 21 heavy (non-hydrogen) atoms. The average Bonchev–Trinajstić information content (AvgIpc) is 3.02. The zero-order valence-corrected chi connectivity index (χ0v) is 15.1. The Labute approximate surface area is 138 Å². The highest BCUT2D eigenvalue weighted by atomic mass is 32.2. The lowest BCUT2D eigenvalue weighted by Gasteiger charge is -2.43. The van der Waals surface area contributed by atoms with Crippen LogP contribution in [-0.4, -0.2) is 73.1 Å². The summed E-state index contributed by atoms with van der Waals surface area (Å²) in [6, 6.07) is 0. The minimum atomic E-state index is 0.373. The minimum absolute atomic E-state index is 0.373. The van der Waals surface area contributed by atoms with Crippen LogP contribution in [0.1, 0.15) is 25.7 Å². The first-order valence-corrected chi connectivity index (χ1v) is 10.6. The third-order valence-electron chi connectivity index (χ3n) is 4.62. The van der Waals surface area contributed by atoms with Crippen LogP contribution in [0, 0.1) is 0 Å². The van der Waals surface area contributed by atoms with E-state index >= 15 is 0 Å². The van der Waals surface area contributed by atoms with Crippen molar-refractivity contribution in [2.75, 3.05) is 56.7 Å². The molecule has 4 nitrogen and oxygen atoms in total. The van der Waals surface area contributed by atoms with Crippen LogP contribution in [0.5, 0.6) is 0 Å². The van der Waals surface area contributed by atoms with Gasteiger partial charge >= 0.3 is 0 Å². The van der Waals surface area contributed by atoms with E-state index in [9.17, 15) is 0 Å². The number of hydrogen-bond acceptors (Lipinski definition) is 4. The van der Waals surface area contributed by atoms with Crippen LogP contribution < -0.4 is 10.6 Å². The topological polar surface area (TPSA) is 39.7 Å². The summed E-state index contributed by atoms with van der Waals surface area (Å²) >= 11 is 3.96. The van der Waals surface area contributed by atoms with Gasteiger partial charge in [-0.1, -0.05) is 12.8 Å². The second-order valence-corrected chi connectivity index (χ2v) is 8.09. The maximum Gasteiger partial charge on any atom is 0.191 e. The van der Waals surface area contributed by atoms with Gasteiger partial charge in [-0.3, -0.25) is 9.89 Å². The SMILES string of the molecule is CN=C(NCCSC)NCC1(N2CCSCC2)CCCC1. The molecule has 0 amide bonds. The summed E-state index contributed by atoms with van der Waals surface area (Å²) in [5.74, 6) is 4.67. The molecule has 122 valence electrons. The Morgan fingerprint density at radius 3 is 2.57 bits per heavy atom. The van der Waals surface area contributed by atoms with Gasteiger partial charge in [-0.25, -0.2) is 0 Å². The molecule has 0 aromatic rings. The molecule has 0 spiro atoms. The highest BCUT2D eigenvalue weighted by Crippen LogP contribution is 2.36. The van der Waals surface area contributed by atoms with E-state index in [0.717, 1.165) is 24.8 Å². The first-order valence-electron chi connectivity index (χ1n) is 8.07. The Morgan fingerprint density at radius 1 is 1.24 bits per heavy atom. The van der Waals surface area contributed by atoms with E-state index in [1.807, 2.05) is 18.8 Å². The van der Waals surface area contributed by atoms with Crippen LogP contribution in [0.3, 0.4) is 0 Å². The summed E-state index contributed by atoms with van der Waals surface area (Å²) < 4.78 is 0. The Hall–Kier alpha value is -0.0700. The Bertz CT molecular complexity index is 324. The monoisotopic (exact) mass is 330 g/mol. The highest BCUT2D eigenvalue weighted by molar-refractivity contribution is 7.99. The molecule has 2 fully saturated rings. The van der Waals surface area contributed by atoms with Crippen LogP contribution in [-0.2, 0) is 0 Å². The van der Waals surface area contributed by atoms with E-state index in [4.69, 9.17) is 0 Å². The Balaban J connectivity index is 1.87. The maximum absolute atomic E-state index is 4.36. The summed E-state index contributed by atoms with van der Waals surface area (Å²) in [6.45, 7) is 4.53. The van der Waals surface area contributed by atoms with Crippen molar-refractivity contribution in [3.8, 4) is 0 Å². The average molecular weight is 331 g/mol. The van der Waals surface area contributed by atoms with Gasteiger partial charge < -0.3 is 10.6 Å². The summed E-state index contributed by atoms with van der Waals surface area (Å²) in [6.07, 6.45) is 7.58. The number of thioether (sulfide) groups is 2. The van der Waals surface area contributed by atoms with E-state index in [1.54, 1.807) is 0 Å². The second kappa shape index (κ2) is 9.16. The second-order valence-electron chi connectivity index (χ2n) is 5.88. The first kappa shape index (κ1) is 17.3. The van der Waals surface area contributed by atoms with Crippen molar-refractivity contribution in [2.45, 2.75) is 31.2 Å². The third kappa shape index (κ3) is 4.96. The number of aliphatic imine (C=N–C) groups is 1. The molecular formula is C15H30N4S2. The number of nitrogens with zero attached hydrogens (tertiary/aromatic N) is 2. The minimum Gasteiger partial charge on any atom is -0.356 e. The molecule has 1 heterocycles. The van der Waals surface area contributed by atoms with Gasteiger partial charge in [0.25, 0.3) is 0 Å². The molecule has 0 unspecified atom stereocenters. The fourth-order valence-corrected chi connectivity index (χ4v) is 4.63. The molecule has 0 radical (unpaired) electrons. The van der Waals surface area contributed by atoms with E-state index < -0.39 is 0 Å². The molecule has 0 bridgehead atoms. The predicted octanol–water partition coefficient (Wildman–Crippen LogP) is 1.88. The molecule has 1 saturated carbocycles. The molecule has 0 atom stereocenters. The van der Waals surface area contributed by atoms with E-state index in [0.29, 0.717) is 5.54 Å². The summed E-state index contributed by atoms with van der Waals surface area (Å²) in [5, 5.41) is 7.00. The van der Waals surface area contributed by atoms with Crippen LogP contribution >= 0.6 is 23.5 Å². The smallest absolute Gasteiger partial charge is 0.191 e. The highest BCUT2D eigenvalue weighted by Gasteiger charge is 2.39. The predicted molar refractivity (Wildman–Crippen MR) is 97.8 cm³/mol. The zero-order chi connectivity index (χ0) is 15.0. The van der Waals surface area contributed by atoms with Crippen molar-refractivity contribution in [2.24, 2.45) is 4.99 Å². The van der Waals surface area contributed by atoms with Crippen molar-refractivity contribution in [1.29, 1.82) is 0 Å². The van der Waals surface area contributed by atoms with Gasteiger partial charge in [0.15, 0.2) is 5.96 Å². The summed E-state index contributed by atoms with van der Waals surface area (Å²) in [5.41, 5.74) is 0.373. The normalized spacial score (nSPS) is 23.2. The fourth-order valence-electron chi connectivity index (χ4n) is 3.42. The Morgan fingerprint density at radius 2 is 1.95 bits per heavy atom. The quantitative estimate of drug-likeness (QED) is 0.442. The van der Waals surface area contributed by atoms with Gasteiger partial charge in [0.05, 0.1) is 0 Å². The summed E-state index contributed by atoms with van der Waals surface area (Å²) in [4.78, 5) is 7.11. The molecule has 2 N–H and O–H groups in total. The number of guanidine groups is 1. The van der Waals surface area contributed by atoms with Crippen molar-refractivity contribution >= 4 is 29.5 Å². The molecule has 2 aliphatic rings. The molecular weight excluding hydrogens is 300 g/mol. The number of nitrogens with one attached hydrogen (secondary N) is 2. The van der Waals surface area contributed by atoms with Crippen LogP contribution in [0.2, 0.25) is 0 Å². The van der Waals surface area contributed by atoms with Crippen molar-refractivity contribution in [3.63, 3.8) is 0 Å². The van der Waals surface area contributed by atoms with Crippen molar-refractivity contribution in [1.82, 2.24) is 15.5 Å². The molecule has 2 rings (SSSR count). The lowest BCUT2D eigenvalue weighted by atomic mass is 9.94. The lowest BCUT2D eigenvalue weighted by molar-refractivity contribution is 0.107. The molecule has 1 aliphatic carbocycles. The van der Waals surface area contributed by atoms with Crippen molar-refractivity contribution in [3.05, 3.63) is 0 Å². The largest absolute Gasteiger partial charge is 0.356 e. The fraction of sp³-hybridized carbons (Fsp3) is 0.933. The molecule has 0 aromatic heterocycles. The summed E-state index contributed by atoms with van der Waals surface area (Å²) in [7, 11) is 1.87. The van der Waals surface area contributed by atoms with E-state index in [-0.39, 0.29) is 0 Å². The third-order valence-corrected chi connectivity index (χ3v) is 6.18. The maximum atomic E-state index is 4.36. The number of rotatable bonds is 6. The van der Waals surface area contributed by atoms with Gasteiger partial charge in [-0.05, 0) is 19.1 Å². The standard InChI is InChI=1S/C15H30N4S2/c1-16-14(17-7-10-20-2)18-13-15(5-3-4-6-15)19-8-11-21-12-9-19/h3-13H2,1-2H3,(H2,16,17,18). The van der Waals surface area contributed by atoms with E-state index in [2.05, 4.69) is 38.5 Å². The zero-order valence-electron chi connectivity index (χ0n) is 13.5. The van der Waals surface area contributed by atoms with Crippen molar-refractivity contribution < 1.29 is 0 Å². The molecule has 1 saturated heterocycles. The van der Waals surface area contributed by atoms with Gasteiger partial charge in [0.2, 0.25) is 0 Å². The molecule has 1 aliphatic heterocycles. The van der Waals surface area contributed by atoms with Gasteiger partial charge in [0, 0.05) is 56.0 Å². The lowest BCUT2D eigenvalue weighted by Crippen LogP contribution is -2.57. The van der Waals surface area contributed by atoms with E-state index in [1.165, 1.54) is 50.3 Å². The molecule has 6 heteroatoms. The van der Waals surface area contributed by atoms with Crippen LogP contribution in [0.4, 0.5) is 0 Å². The van der Waals surface area contributed by atoms with Crippen LogP contribution in [0.25, 0.3) is 0 Å². The van der Waals surface area contributed by atoms with Gasteiger partial charge in [-0.15, -0.1) is 0 Å². The Kier molecular flexibility index (Phi) is 7.54. The van der Waals surface area contributed by atoms with Crippen LogP contribution in [0.15, 0.2) is 4.99 Å². The van der Waals surface area contributed by atoms with Gasteiger partial charge in [-0.2, -0.15) is 23.5 Å². The first-order chi connectivity index (χ1) is 10.3.